The summed E-state index contributed by atoms with van der Waals surface area (Å²) in [4.78, 5) is 14.4. The van der Waals surface area contributed by atoms with Crippen LogP contribution < -0.4 is 0 Å². The van der Waals surface area contributed by atoms with Gasteiger partial charge in [-0.2, -0.15) is 0 Å². The van der Waals surface area contributed by atoms with Gasteiger partial charge in [0, 0.05) is 31.1 Å². The number of hydrogen-bond donors (Lipinski definition) is 0. The lowest BCUT2D eigenvalue weighted by Crippen LogP contribution is -2.34. The van der Waals surface area contributed by atoms with E-state index in [2.05, 4.69) is 18.7 Å². The van der Waals surface area contributed by atoms with Gasteiger partial charge in [-0.3, -0.25) is 4.79 Å². The highest BCUT2D eigenvalue weighted by atomic mass is 19.1. The van der Waals surface area contributed by atoms with Crippen LogP contribution in [0.25, 0.3) is 0 Å². The van der Waals surface area contributed by atoms with E-state index in [1.807, 2.05) is 0 Å². The topological polar surface area (TPSA) is 20.3 Å². The third kappa shape index (κ3) is 4.43. The third-order valence-corrected chi connectivity index (χ3v) is 3.71. The molecular weight excluding hydrogens is 241 g/mol. The van der Waals surface area contributed by atoms with Crippen molar-refractivity contribution in [3.63, 3.8) is 0 Å². The Morgan fingerprint density at radius 2 is 1.95 bits per heavy atom. The van der Waals surface area contributed by atoms with Crippen LogP contribution in [0.1, 0.15) is 43.5 Å². The standard InChI is InChI=1S/C16H22FNO/c1-12(2)18(11-13-3-4-13)10-9-16(19)14-5-7-15(17)8-6-14/h5-8,12-13H,3-4,9-11H2,1-2H3. The van der Waals surface area contributed by atoms with Crippen molar-refractivity contribution in [3.05, 3.63) is 35.6 Å². The van der Waals surface area contributed by atoms with E-state index in [9.17, 15) is 9.18 Å². The number of carbonyl (C=O) groups is 1. The van der Waals surface area contributed by atoms with Crippen molar-refractivity contribution < 1.29 is 9.18 Å². The summed E-state index contributed by atoms with van der Waals surface area (Å²) in [7, 11) is 0. The zero-order chi connectivity index (χ0) is 13.8. The molecule has 0 unspecified atom stereocenters. The molecule has 0 bridgehead atoms. The van der Waals surface area contributed by atoms with Gasteiger partial charge in [-0.15, -0.1) is 0 Å². The van der Waals surface area contributed by atoms with Gasteiger partial charge in [0.25, 0.3) is 0 Å². The molecule has 0 amide bonds. The Hall–Kier alpha value is -1.22. The van der Waals surface area contributed by atoms with Crippen LogP contribution in [-0.2, 0) is 0 Å². The summed E-state index contributed by atoms with van der Waals surface area (Å²) in [6, 6.07) is 6.30. The van der Waals surface area contributed by atoms with Crippen molar-refractivity contribution in [1.29, 1.82) is 0 Å². The highest BCUT2D eigenvalue weighted by Crippen LogP contribution is 2.30. The monoisotopic (exact) mass is 263 g/mol. The number of halogens is 1. The van der Waals surface area contributed by atoms with E-state index in [-0.39, 0.29) is 11.6 Å². The maximum absolute atomic E-state index is 12.8. The molecule has 19 heavy (non-hydrogen) atoms. The SMILES string of the molecule is CC(C)N(CCC(=O)c1ccc(F)cc1)CC1CC1. The van der Waals surface area contributed by atoms with Gasteiger partial charge in [-0.25, -0.2) is 4.39 Å². The third-order valence-electron chi connectivity index (χ3n) is 3.71. The Labute approximate surface area is 114 Å². The first kappa shape index (κ1) is 14.2. The van der Waals surface area contributed by atoms with E-state index in [1.165, 1.54) is 25.0 Å². The number of hydrogen-bond acceptors (Lipinski definition) is 2. The first-order valence-electron chi connectivity index (χ1n) is 7.09. The molecule has 0 atom stereocenters. The Balaban J connectivity index is 1.85. The Morgan fingerprint density at radius 3 is 2.47 bits per heavy atom. The molecule has 1 aromatic rings. The Bertz CT molecular complexity index is 423. The summed E-state index contributed by atoms with van der Waals surface area (Å²) < 4.78 is 12.8. The van der Waals surface area contributed by atoms with Crippen LogP contribution in [-0.4, -0.2) is 29.8 Å². The van der Waals surface area contributed by atoms with Crippen LogP contribution in [0.3, 0.4) is 0 Å². The minimum atomic E-state index is -0.297. The molecular formula is C16H22FNO. The van der Waals surface area contributed by atoms with Crippen molar-refractivity contribution in [3.8, 4) is 0 Å². The Morgan fingerprint density at radius 1 is 1.32 bits per heavy atom. The lowest BCUT2D eigenvalue weighted by Gasteiger charge is -2.26. The number of ketones is 1. The zero-order valence-corrected chi connectivity index (χ0v) is 11.7. The molecule has 0 spiro atoms. The normalized spacial score (nSPS) is 15.2. The van der Waals surface area contributed by atoms with Crippen molar-refractivity contribution in [1.82, 2.24) is 4.90 Å². The molecule has 1 fully saturated rings. The van der Waals surface area contributed by atoms with Crippen LogP contribution >= 0.6 is 0 Å². The van der Waals surface area contributed by atoms with Crippen LogP contribution in [0.2, 0.25) is 0 Å². The summed E-state index contributed by atoms with van der Waals surface area (Å²) in [5, 5.41) is 0. The second-order valence-electron chi connectivity index (χ2n) is 5.71. The summed E-state index contributed by atoms with van der Waals surface area (Å²) in [6.45, 7) is 6.24. The minimum absolute atomic E-state index is 0.0986. The number of carbonyl (C=O) groups excluding carboxylic acids is 1. The number of Topliss-reactive ketones (excluding diaryl/α,β-unsaturated/α-hetero) is 1. The van der Waals surface area contributed by atoms with E-state index in [4.69, 9.17) is 0 Å². The molecule has 0 radical (unpaired) electrons. The molecule has 0 aliphatic heterocycles. The average molecular weight is 263 g/mol. The number of rotatable bonds is 7. The van der Waals surface area contributed by atoms with E-state index in [0.717, 1.165) is 19.0 Å². The molecule has 1 aromatic carbocycles. The first-order valence-corrected chi connectivity index (χ1v) is 7.09. The van der Waals surface area contributed by atoms with Crippen LogP contribution in [0.4, 0.5) is 4.39 Å². The van der Waals surface area contributed by atoms with Crippen LogP contribution in [0, 0.1) is 11.7 Å². The number of nitrogens with zero attached hydrogens (tertiary/aromatic N) is 1. The molecule has 0 heterocycles. The molecule has 3 heteroatoms. The molecule has 104 valence electrons. The van der Waals surface area contributed by atoms with Gasteiger partial charge < -0.3 is 4.90 Å². The van der Waals surface area contributed by atoms with Gasteiger partial charge >= 0.3 is 0 Å². The predicted octanol–water partition coefficient (Wildman–Crippen LogP) is 3.52. The van der Waals surface area contributed by atoms with Crippen molar-refractivity contribution in [2.45, 2.75) is 39.2 Å². The largest absolute Gasteiger partial charge is 0.300 e. The molecule has 0 N–H and O–H groups in total. The molecule has 1 saturated carbocycles. The summed E-state index contributed by atoms with van der Waals surface area (Å²) in [5.74, 6) is 0.638. The lowest BCUT2D eigenvalue weighted by atomic mass is 10.1. The van der Waals surface area contributed by atoms with Crippen molar-refractivity contribution in [2.24, 2.45) is 5.92 Å². The first-order chi connectivity index (χ1) is 9.06. The fraction of sp³-hybridized carbons (Fsp3) is 0.562. The second kappa shape index (κ2) is 6.29. The predicted molar refractivity (Wildman–Crippen MR) is 74.8 cm³/mol. The molecule has 2 rings (SSSR count). The van der Waals surface area contributed by atoms with E-state index in [0.29, 0.717) is 18.0 Å². The summed E-state index contributed by atoms with van der Waals surface area (Å²) in [6.07, 6.45) is 3.17. The maximum atomic E-state index is 12.8. The number of benzene rings is 1. The molecule has 1 aliphatic rings. The fourth-order valence-corrected chi connectivity index (χ4v) is 2.22. The van der Waals surface area contributed by atoms with Crippen LogP contribution in [0.15, 0.2) is 24.3 Å². The summed E-state index contributed by atoms with van der Waals surface area (Å²) in [5.41, 5.74) is 0.608. The molecule has 0 aromatic heterocycles. The average Bonchev–Trinajstić information content (AvgIpc) is 3.18. The smallest absolute Gasteiger partial charge is 0.164 e. The van der Waals surface area contributed by atoms with Gasteiger partial charge in [0.2, 0.25) is 0 Å². The highest BCUT2D eigenvalue weighted by molar-refractivity contribution is 5.96. The van der Waals surface area contributed by atoms with Gasteiger partial charge in [0.15, 0.2) is 5.78 Å². The van der Waals surface area contributed by atoms with Gasteiger partial charge in [-0.05, 0) is 56.9 Å². The maximum Gasteiger partial charge on any atom is 0.164 e. The quantitative estimate of drug-likeness (QED) is 0.702. The van der Waals surface area contributed by atoms with Gasteiger partial charge in [0.05, 0.1) is 0 Å². The summed E-state index contributed by atoms with van der Waals surface area (Å²) >= 11 is 0. The van der Waals surface area contributed by atoms with Gasteiger partial charge in [-0.1, -0.05) is 0 Å². The highest BCUT2D eigenvalue weighted by Gasteiger charge is 2.25. The zero-order valence-electron chi connectivity index (χ0n) is 11.7. The van der Waals surface area contributed by atoms with Crippen molar-refractivity contribution >= 4 is 5.78 Å². The minimum Gasteiger partial charge on any atom is -0.300 e. The van der Waals surface area contributed by atoms with E-state index >= 15 is 0 Å². The van der Waals surface area contributed by atoms with Crippen molar-refractivity contribution in [2.75, 3.05) is 13.1 Å². The fourth-order valence-electron chi connectivity index (χ4n) is 2.22. The Kier molecular flexibility index (Phi) is 4.70. The molecule has 1 aliphatic carbocycles. The lowest BCUT2D eigenvalue weighted by molar-refractivity contribution is 0.0953. The second-order valence-corrected chi connectivity index (χ2v) is 5.71. The van der Waals surface area contributed by atoms with E-state index in [1.54, 1.807) is 12.1 Å². The van der Waals surface area contributed by atoms with Crippen LogP contribution in [0.5, 0.6) is 0 Å². The van der Waals surface area contributed by atoms with E-state index < -0.39 is 0 Å². The molecule has 0 saturated heterocycles. The molecule has 2 nitrogen and oxygen atoms in total. The van der Waals surface area contributed by atoms with Gasteiger partial charge in [0.1, 0.15) is 5.82 Å².